The molecule has 0 aliphatic heterocycles. The minimum absolute atomic E-state index is 0.168. The predicted octanol–water partition coefficient (Wildman–Crippen LogP) is 3.24. The highest BCUT2D eigenvalue weighted by molar-refractivity contribution is 5.99. The molecule has 1 N–H and O–H groups in total. The van der Waals surface area contributed by atoms with Gasteiger partial charge in [0, 0.05) is 30.3 Å². The van der Waals surface area contributed by atoms with Crippen LogP contribution in [0.4, 0.5) is 11.5 Å². The Morgan fingerprint density at radius 3 is 2.74 bits per heavy atom. The second kappa shape index (κ2) is 10.0. The molecule has 0 atom stereocenters. The zero-order chi connectivity index (χ0) is 19.6. The van der Waals surface area contributed by atoms with Crippen LogP contribution in [0.3, 0.4) is 0 Å². The molecule has 1 aromatic carbocycles. The number of rotatable bonds is 10. The van der Waals surface area contributed by atoms with Gasteiger partial charge in [-0.15, -0.1) is 0 Å². The minimum atomic E-state index is -0.556. The number of carbonyl (C=O) groups excluding carboxylic acids is 2. The molecule has 0 unspecified atom stereocenters. The van der Waals surface area contributed by atoms with Gasteiger partial charge in [-0.05, 0) is 12.5 Å². The molecule has 0 aliphatic carbocycles. The lowest BCUT2D eigenvalue weighted by atomic mass is 10.1. The molecule has 0 fully saturated rings. The van der Waals surface area contributed by atoms with Gasteiger partial charge >= 0.3 is 0 Å². The van der Waals surface area contributed by atoms with Crippen LogP contribution < -0.4 is 5.32 Å². The molecule has 0 aliphatic rings. The van der Waals surface area contributed by atoms with E-state index in [0.29, 0.717) is 6.54 Å². The van der Waals surface area contributed by atoms with Gasteiger partial charge in [0.05, 0.1) is 4.92 Å². The van der Waals surface area contributed by atoms with E-state index < -0.39 is 16.7 Å². The first-order valence-electron chi connectivity index (χ1n) is 8.75. The van der Waals surface area contributed by atoms with Gasteiger partial charge in [0.15, 0.2) is 5.82 Å². The lowest BCUT2D eigenvalue weighted by molar-refractivity contribution is -0.384. The van der Waals surface area contributed by atoms with E-state index >= 15 is 0 Å². The van der Waals surface area contributed by atoms with E-state index in [-0.39, 0.29) is 23.6 Å². The van der Waals surface area contributed by atoms with E-state index in [9.17, 15) is 19.7 Å². The van der Waals surface area contributed by atoms with E-state index in [1.165, 1.54) is 41.5 Å². The smallest absolute Gasteiger partial charge is 0.270 e. The molecule has 2 aromatic rings. The van der Waals surface area contributed by atoms with Crippen molar-refractivity contribution < 1.29 is 19.0 Å². The van der Waals surface area contributed by atoms with E-state index in [0.717, 1.165) is 25.7 Å². The number of aromatic nitrogens is 1. The molecule has 0 saturated heterocycles. The Morgan fingerprint density at radius 2 is 2.07 bits per heavy atom. The zero-order valence-corrected chi connectivity index (χ0v) is 15.1. The second-order valence-corrected chi connectivity index (χ2v) is 6.03. The van der Waals surface area contributed by atoms with Crippen molar-refractivity contribution in [3.63, 3.8) is 0 Å². The summed E-state index contributed by atoms with van der Waals surface area (Å²) in [5.41, 5.74) is 0.00718. The maximum atomic E-state index is 12.8. The van der Waals surface area contributed by atoms with Gasteiger partial charge in [0.25, 0.3) is 11.6 Å². The van der Waals surface area contributed by atoms with Gasteiger partial charge in [-0.3, -0.25) is 19.7 Å². The molecule has 9 nitrogen and oxygen atoms in total. The summed E-state index contributed by atoms with van der Waals surface area (Å²) in [6, 6.07) is 6.99. The number of amides is 2. The second-order valence-electron chi connectivity index (χ2n) is 6.03. The van der Waals surface area contributed by atoms with Crippen LogP contribution in [0.5, 0.6) is 0 Å². The van der Waals surface area contributed by atoms with Gasteiger partial charge < -0.3 is 14.7 Å². The first-order chi connectivity index (χ1) is 13.0. The van der Waals surface area contributed by atoms with Gasteiger partial charge in [-0.1, -0.05) is 37.4 Å². The summed E-state index contributed by atoms with van der Waals surface area (Å²) in [4.78, 5) is 36.8. The first-order valence-corrected chi connectivity index (χ1v) is 8.75. The summed E-state index contributed by atoms with van der Waals surface area (Å²) in [6.45, 7) is 2.28. The molecule has 0 radical (unpaired) electrons. The number of nitrogens with one attached hydrogen (secondary N) is 1. The van der Waals surface area contributed by atoms with Gasteiger partial charge in [-0.2, -0.15) is 0 Å². The third kappa shape index (κ3) is 6.21. The van der Waals surface area contributed by atoms with Crippen LogP contribution in [0.1, 0.15) is 43.0 Å². The minimum Gasteiger partial charge on any atom is -0.363 e. The number of nitro groups is 1. The Kier molecular flexibility index (Phi) is 7.48. The van der Waals surface area contributed by atoms with Crippen molar-refractivity contribution in [2.75, 3.05) is 18.4 Å². The van der Waals surface area contributed by atoms with Crippen molar-refractivity contribution in [3.05, 3.63) is 52.3 Å². The van der Waals surface area contributed by atoms with E-state index in [2.05, 4.69) is 21.9 Å². The molecule has 1 aromatic heterocycles. The molecule has 2 amide bonds. The van der Waals surface area contributed by atoms with Crippen molar-refractivity contribution in [1.29, 1.82) is 0 Å². The average molecular weight is 374 g/mol. The summed E-state index contributed by atoms with van der Waals surface area (Å²) in [6.07, 6.45) is 5.08. The Hall–Kier alpha value is -3.23. The van der Waals surface area contributed by atoms with E-state index in [1.807, 2.05) is 0 Å². The van der Waals surface area contributed by atoms with Crippen molar-refractivity contribution in [2.24, 2.45) is 0 Å². The quantitative estimate of drug-likeness (QED) is 0.387. The number of nitro benzene ring substituents is 1. The molecule has 1 heterocycles. The topological polar surface area (TPSA) is 119 Å². The fourth-order valence-corrected chi connectivity index (χ4v) is 2.55. The highest BCUT2D eigenvalue weighted by Crippen LogP contribution is 2.16. The fourth-order valence-electron chi connectivity index (χ4n) is 2.55. The lowest BCUT2D eigenvalue weighted by Gasteiger charge is -2.22. The van der Waals surface area contributed by atoms with Gasteiger partial charge in [0.2, 0.25) is 5.91 Å². The van der Waals surface area contributed by atoms with E-state index in [4.69, 9.17) is 0 Å². The monoisotopic (exact) mass is 374 g/mol. The third-order valence-electron chi connectivity index (χ3n) is 3.91. The summed E-state index contributed by atoms with van der Waals surface area (Å²) < 4.78 is 4.66. The number of benzene rings is 1. The molecule has 0 spiro atoms. The molecular formula is C18H22N4O5. The third-order valence-corrected chi connectivity index (χ3v) is 3.91. The first kappa shape index (κ1) is 20.1. The number of hydrogen-bond donors (Lipinski definition) is 1. The number of carbonyl (C=O) groups is 2. The Morgan fingerprint density at radius 1 is 1.26 bits per heavy atom. The number of unbranched alkanes of at least 4 members (excludes halogenated alkanes) is 3. The maximum absolute atomic E-state index is 12.8. The highest BCUT2D eigenvalue weighted by atomic mass is 16.6. The number of hydrogen-bond acceptors (Lipinski definition) is 6. The van der Waals surface area contributed by atoms with Crippen LogP contribution in [-0.4, -0.2) is 39.9 Å². The average Bonchev–Trinajstić information content (AvgIpc) is 3.16. The van der Waals surface area contributed by atoms with Crippen molar-refractivity contribution in [1.82, 2.24) is 10.1 Å². The van der Waals surface area contributed by atoms with Crippen molar-refractivity contribution in [2.45, 2.75) is 32.6 Å². The van der Waals surface area contributed by atoms with Crippen LogP contribution in [0.15, 0.2) is 41.1 Å². The molecule has 9 heteroatoms. The SMILES string of the molecule is CCCCCCN(CC(=O)Nc1ccon1)C(=O)c1cccc([N+](=O)[O-])c1. The number of anilines is 1. The van der Waals surface area contributed by atoms with Crippen LogP contribution in [0.2, 0.25) is 0 Å². The molecular weight excluding hydrogens is 352 g/mol. The fraction of sp³-hybridized carbons (Fsp3) is 0.389. The van der Waals surface area contributed by atoms with Crippen molar-refractivity contribution in [3.8, 4) is 0 Å². The largest absolute Gasteiger partial charge is 0.363 e. The molecule has 27 heavy (non-hydrogen) atoms. The summed E-state index contributed by atoms with van der Waals surface area (Å²) in [5.74, 6) is -0.586. The van der Waals surface area contributed by atoms with Crippen LogP contribution in [0, 0.1) is 10.1 Å². The predicted molar refractivity (Wildman–Crippen MR) is 98.3 cm³/mol. The molecule has 0 saturated carbocycles. The number of non-ortho nitro benzene ring substituents is 1. The van der Waals surface area contributed by atoms with Gasteiger partial charge in [-0.25, -0.2) is 0 Å². The van der Waals surface area contributed by atoms with Crippen molar-refractivity contribution >= 4 is 23.3 Å². The summed E-state index contributed by atoms with van der Waals surface area (Å²) in [7, 11) is 0. The standard InChI is InChI=1S/C18H22N4O5/c1-2-3-4-5-10-21(13-17(23)19-16-9-11-27-20-16)18(24)14-7-6-8-15(12-14)22(25)26/h6-9,11-12H,2-5,10,13H2,1H3,(H,19,20,23). The molecule has 0 bridgehead atoms. The zero-order valence-electron chi connectivity index (χ0n) is 15.1. The molecule has 144 valence electrons. The Labute approximate surface area is 156 Å². The summed E-state index contributed by atoms with van der Waals surface area (Å²) in [5, 5.41) is 17.1. The van der Waals surface area contributed by atoms with Crippen LogP contribution in [0.25, 0.3) is 0 Å². The van der Waals surface area contributed by atoms with Crippen LogP contribution in [-0.2, 0) is 4.79 Å². The molecule has 2 rings (SSSR count). The van der Waals surface area contributed by atoms with E-state index in [1.54, 1.807) is 0 Å². The lowest BCUT2D eigenvalue weighted by Crippen LogP contribution is -2.38. The Bertz CT molecular complexity index is 776. The number of nitrogens with zero attached hydrogens (tertiary/aromatic N) is 3. The van der Waals surface area contributed by atoms with Gasteiger partial charge in [0.1, 0.15) is 12.8 Å². The highest BCUT2D eigenvalue weighted by Gasteiger charge is 2.21. The van der Waals surface area contributed by atoms with Crippen LogP contribution >= 0.6 is 0 Å². The maximum Gasteiger partial charge on any atom is 0.270 e. The normalized spacial score (nSPS) is 10.4. The summed E-state index contributed by atoms with van der Waals surface area (Å²) >= 11 is 0. The Balaban J connectivity index is 2.09.